The zero-order valence-corrected chi connectivity index (χ0v) is 14.7. The smallest absolute Gasteiger partial charge is 0.308 e. The van der Waals surface area contributed by atoms with E-state index in [4.69, 9.17) is 4.74 Å². The number of halogens is 1. The van der Waals surface area contributed by atoms with Gasteiger partial charge in [-0.1, -0.05) is 6.92 Å². The maximum absolute atomic E-state index is 13.7. The Kier molecular flexibility index (Phi) is 5.04. The molecule has 0 spiro atoms. The summed E-state index contributed by atoms with van der Waals surface area (Å²) >= 11 is 0. The summed E-state index contributed by atoms with van der Waals surface area (Å²) in [5, 5.41) is 11.9. The molecule has 1 fully saturated rings. The number of benzene rings is 1. The van der Waals surface area contributed by atoms with Crippen molar-refractivity contribution >= 4 is 16.9 Å². The van der Waals surface area contributed by atoms with E-state index in [0.717, 1.165) is 18.4 Å². The van der Waals surface area contributed by atoms with Crippen LogP contribution in [0.1, 0.15) is 45.1 Å². The molecule has 0 amide bonds. The predicted molar refractivity (Wildman–Crippen MR) is 93.4 cm³/mol. The fourth-order valence-electron chi connectivity index (χ4n) is 3.88. The minimum Gasteiger partial charge on any atom is -0.466 e. The lowest BCUT2D eigenvalue weighted by atomic mass is 9.71. The predicted octanol–water partition coefficient (Wildman–Crippen LogP) is 3.95. The van der Waals surface area contributed by atoms with Gasteiger partial charge in [-0.05, 0) is 68.4 Å². The highest BCUT2D eigenvalue weighted by molar-refractivity contribution is 5.83. The number of rotatable bonds is 4. The van der Waals surface area contributed by atoms with Gasteiger partial charge in [-0.3, -0.25) is 9.78 Å². The summed E-state index contributed by atoms with van der Waals surface area (Å²) in [6, 6.07) is 6.22. The number of aromatic nitrogens is 1. The first-order valence-electron chi connectivity index (χ1n) is 8.88. The lowest BCUT2D eigenvalue weighted by Crippen LogP contribution is -2.35. The van der Waals surface area contributed by atoms with Crippen LogP contribution in [-0.4, -0.2) is 22.7 Å². The van der Waals surface area contributed by atoms with Crippen molar-refractivity contribution in [2.45, 2.75) is 45.1 Å². The van der Waals surface area contributed by atoms with Crippen molar-refractivity contribution in [1.82, 2.24) is 4.98 Å². The Bertz CT molecular complexity index is 769. The van der Waals surface area contributed by atoms with Gasteiger partial charge in [0.1, 0.15) is 5.82 Å². The first-order chi connectivity index (χ1) is 11.9. The number of carbonyl (C=O) groups excluding carboxylic acids is 1. The number of hydrogen-bond acceptors (Lipinski definition) is 4. The highest BCUT2D eigenvalue weighted by Gasteiger charge is 2.39. The normalized spacial score (nSPS) is 24.9. The summed E-state index contributed by atoms with van der Waals surface area (Å²) < 4.78 is 18.8. The fraction of sp³-hybridized carbons (Fsp3) is 0.500. The molecule has 5 heteroatoms. The fourth-order valence-corrected chi connectivity index (χ4v) is 3.88. The molecule has 0 aliphatic heterocycles. The van der Waals surface area contributed by atoms with Gasteiger partial charge in [0.2, 0.25) is 0 Å². The highest BCUT2D eigenvalue weighted by Crippen LogP contribution is 2.43. The van der Waals surface area contributed by atoms with Crippen molar-refractivity contribution in [3.63, 3.8) is 0 Å². The Morgan fingerprint density at radius 1 is 1.40 bits per heavy atom. The molecule has 0 saturated heterocycles. The van der Waals surface area contributed by atoms with Crippen LogP contribution >= 0.6 is 0 Å². The molecular weight excluding hydrogens is 321 g/mol. The quantitative estimate of drug-likeness (QED) is 0.853. The van der Waals surface area contributed by atoms with E-state index in [0.29, 0.717) is 30.4 Å². The molecule has 0 radical (unpaired) electrons. The molecule has 25 heavy (non-hydrogen) atoms. The topological polar surface area (TPSA) is 59.4 Å². The van der Waals surface area contributed by atoms with Crippen LogP contribution in [0, 0.1) is 17.7 Å². The molecule has 1 N–H and O–H groups in total. The number of fused-ring (bicyclic) bond motifs is 1. The zero-order valence-electron chi connectivity index (χ0n) is 14.7. The monoisotopic (exact) mass is 345 g/mol. The average Bonchev–Trinajstić information content (AvgIpc) is 2.61. The maximum atomic E-state index is 13.7. The van der Waals surface area contributed by atoms with Gasteiger partial charge in [0.15, 0.2) is 0 Å². The van der Waals surface area contributed by atoms with E-state index in [1.807, 2.05) is 6.92 Å². The van der Waals surface area contributed by atoms with Crippen LogP contribution in [0.25, 0.3) is 10.9 Å². The third-order valence-corrected chi connectivity index (χ3v) is 5.43. The van der Waals surface area contributed by atoms with E-state index in [9.17, 15) is 14.3 Å². The number of ether oxygens (including phenoxy) is 1. The molecule has 4 nitrogen and oxygen atoms in total. The van der Waals surface area contributed by atoms with E-state index in [1.165, 1.54) is 12.1 Å². The van der Waals surface area contributed by atoms with Crippen molar-refractivity contribution < 1.29 is 19.0 Å². The van der Waals surface area contributed by atoms with Crippen LogP contribution in [0.4, 0.5) is 4.39 Å². The van der Waals surface area contributed by atoms with E-state index in [1.54, 1.807) is 25.3 Å². The third-order valence-electron chi connectivity index (χ3n) is 5.43. The summed E-state index contributed by atoms with van der Waals surface area (Å²) in [6.45, 7) is 4.08. The van der Waals surface area contributed by atoms with E-state index < -0.39 is 5.60 Å². The second kappa shape index (κ2) is 7.08. The number of hydrogen-bond donors (Lipinski definition) is 1. The molecule has 2 aromatic rings. The second-order valence-corrected chi connectivity index (χ2v) is 6.93. The van der Waals surface area contributed by atoms with Crippen molar-refractivity contribution in [1.29, 1.82) is 0 Å². The Balaban J connectivity index is 1.81. The first-order valence-corrected chi connectivity index (χ1v) is 8.88. The van der Waals surface area contributed by atoms with Gasteiger partial charge in [0.25, 0.3) is 0 Å². The summed E-state index contributed by atoms with van der Waals surface area (Å²) in [5.41, 5.74) is 0.383. The van der Waals surface area contributed by atoms with Crippen molar-refractivity contribution in [3.8, 4) is 0 Å². The summed E-state index contributed by atoms with van der Waals surface area (Å²) in [6.07, 6.45) is 4.19. The van der Waals surface area contributed by atoms with Crippen LogP contribution in [0.15, 0.2) is 30.5 Å². The zero-order chi connectivity index (χ0) is 18.0. The maximum Gasteiger partial charge on any atom is 0.308 e. The SMILES string of the molecule is CCOC(=O)C(C)C1CCC(O)(c2ccnc3ccc(F)cc23)CC1. The Hall–Kier alpha value is -2.01. The minimum atomic E-state index is -1.01. The molecule has 1 atom stereocenters. The third kappa shape index (κ3) is 3.52. The van der Waals surface area contributed by atoms with Gasteiger partial charge < -0.3 is 9.84 Å². The van der Waals surface area contributed by atoms with Gasteiger partial charge in [0.05, 0.1) is 23.6 Å². The highest BCUT2D eigenvalue weighted by atomic mass is 19.1. The summed E-state index contributed by atoms with van der Waals surface area (Å²) in [4.78, 5) is 16.2. The molecule has 1 aromatic heterocycles. The molecule has 1 aromatic carbocycles. The van der Waals surface area contributed by atoms with Crippen molar-refractivity contribution in [2.75, 3.05) is 6.61 Å². The molecule has 1 unspecified atom stereocenters. The molecule has 1 saturated carbocycles. The van der Waals surface area contributed by atoms with Crippen LogP contribution in [0.3, 0.4) is 0 Å². The summed E-state index contributed by atoms with van der Waals surface area (Å²) in [7, 11) is 0. The number of carbonyl (C=O) groups is 1. The van der Waals surface area contributed by atoms with Crippen LogP contribution in [0.2, 0.25) is 0 Å². The summed E-state index contributed by atoms with van der Waals surface area (Å²) in [5.74, 6) is -0.482. The molecule has 0 bridgehead atoms. The second-order valence-electron chi connectivity index (χ2n) is 6.93. The lowest BCUT2D eigenvalue weighted by Gasteiger charge is -2.38. The standard InChI is InChI=1S/C20H24FNO3/c1-3-25-19(23)13(2)14-6-9-20(24,10-7-14)17-8-11-22-18-5-4-15(21)12-16(17)18/h4-5,8,11-14,24H,3,6-7,9-10H2,1-2H3. The van der Waals surface area contributed by atoms with Gasteiger partial charge in [0, 0.05) is 11.6 Å². The number of aliphatic hydroxyl groups is 1. The first kappa shape index (κ1) is 17.8. The Morgan fingerprint density at radius 3 is 2.80 bits per heavy atom. The largest absolute Gasteiger partial charge is 0.466 e. The molecule has 1 aliphatic carbocycles. The van der Waals surface area contributed by atoms with Crippen molar-refractivity contribution in [3.05, 3.63) is 41.8 Å². The van der Waals surface area contributed by atoms with Crippen LogP contribution in [-0.2, 0) is 15.1 Å². The molecule has 1 aliphatic rings. The van der Waals surface area contributed by atoms with Crippen LogP contribution in [0.5, 0.6) is 0 Å². The Labute approximate surface area is 147 Å². The number of nitrogens with zero attached hydrogens (tertiary/aromatic N) is 1. The molecule has 3 rings (SSSR count). The lowest BCUT2D eigenvalue weighted by molar-refractivity contribution is -0.150. The van der Waals surface area contributed by atoms with Gasteiger partial charge in [-0.25, -0.2) is 4.39 Å². The van der Waals surface area contributed by atoms with E-state index in [-0.39, 0.29) is 23.6 Å². The molecule has 1 heterocycles. The minimum absolute atomic E-state index is 0.170. The molecule has 134 valence electrons. The Morgan fingerprint density at radius 2 is 2.12 bits per heavy atom. The van der Waals surface area contributed by atoms with Gasteiger partial charge in [-0.15, -0.1) is 0 Å². The van der Waals surface area contributed by atoms with Gasteiger partial charge in [-0.2, -0.15) is 0 Å². The molecular formula is C20H24FNO3. The van der Waals surface area contributed by atoms with Crippen LogP contribution < -0.4 is 0 Å². The number of esters is 1. The average molecular weight is 345 g/mol. The van der Waals surface area contributed by atoms with E-state index >= 15 is 0 Å². The van der Waals surface area contributed by atoms with Crippen molar-refractivity contribution in [2.24, 2.45) is 11.8 Å². The number of pyridine rings is 1. The van der Waals surface area contributed by atoms with E-state index in [2.05, 4.69) is 4.98 Å². The van der Waals surface area contributed by atoms with Gasteiger partial charge >= 0.3 is 5.97 Å².